The molecule has 0 radical (unpaired) electrons. The second-order valence-electron chi connectivity index (χ2n) is 4.07. The van der Waals surface area contributed by atoms with Crippen molar-refractivity contribution in [2.45, 2.75) is 13.3 Å². The number of halogens is 4. The number of hydrogen-bond donors (Lipinski definition) is 1. The average Bonchev–Trinajstić information content (AvgIpc) is 2.45. The smallest absolute Gasteiger partial charge is 0.238 e. The highest BCUT2D eigenvalue weighted by atomic mass is 79.9. The van der Waals surface area contributed by atoms with Crippen LogP contribution in [0.15, 0.2) is 22.9 Å². The molecule has 8 heteroatoms. The standard InChI is InChI=1S/C13H11BrCl3N3O/c1-2-3-18-12-11(14)13(20-6-19-12)21-10-5-8(16)7(15)4-9(10)17/h4-6H,2-3H2,1H3,(H,18,19,20). The summed E-state index contributed by atoms with van der Waals surface area (Å²) in [6.45, 7) is 2.86. The van der Waals surface area contributed by atoms with E-state index in [-0.39, 0.29) is 0 Å². The topological polar surface area (TPSA) is 47.0 Å². The highest BCUT2D eigenvalue weighted by Gasteiger charge is 2.14. The highest BCUT2D eigenvalue weighted by molar-refractivity contribution is 9.10. The molecule has 0 amide bonds. The van der Waals surface area contributed by atoms with Crippen LogP contribution in [0, 0.1) is 0 Å². The fourth-order valence-corrected chi connectivity index (χ4v) is 2.48. The molecular weight excluding hydrogens is 400 g/mol. The Labute approximate surface area is 145 Å². The normalized spacial score (nSPS) is 10.5. The predicted molar refractivity (Wildman–Crippen MR) is 90.1 cm³/mol. The van der Waals surface area contributed by atoms with Gasteiger partial charge in [0.15, 0.2) is 0 Å². The first-order chi connectivity index (χ1) is 10.0. The molecule has 0 aliphatic rings. The third kappa shape index (κ3) is 4.13. The lowest BCUT2D eigenvalue weighted by Gasteiger charge is -2.12. The van der Waals surface area contributed by atoms with E-state index >= 15 is 0 Å². The summed E-state index contributed by atoms with van der Waals surface area (Å²) < 4.78 is 6.30. The minimum Gasteiger partial charge on any atom is -0.436 e. The Hall–Kier alpha value is -0.750. The zero-order valence-corrected chi connectivity index (χ0v) is 14.8. The first-order valence-corrected chi connectivity index (χ1v) is 8.02. The average molecular weight is 412 g/mol. The van der Waals surface area contributed by atoms with Crippen LogP contribution >= 0.6 is 50.7 Å². The summed E-state index contributed by atoms with van der Waals surface area (Å²) in [5.41, 5.74) is 0. The van der Waals surface area contributed by atoms with Crippen molar-refractivity contribution >= 4 is 56.6 Å². The van der Waals surface area contributed by atoms with Gasteiger partial charge in [0.25, 0.3) is 0 Å². The maximum atomic E-state index is 6.08. The lowest BCUT2D eigenvalue weighted by atomic mass is 10.3. The Balaban J connectivity index is 2.29. The fourth-order valence-electron chi connectivity index (χ4n) is 1.48. The van der Waals surface area contributed by atoms with Gasteiger partial charge in [-0.1, -0.05) is 41.7 Å². The van der Waals surface area contributed by atoms with Crippen molar-refractivity contribution in [2.24, 2.45) is 0 Å². The Morgan fingerprint density at radius 1 is 1.14 bits per heavy atom. The van der Waals surface area contributed by atoms with E-state index in [4.69, 9.17) is 39.5 Å². The van der Waals surface area contributed by atoms with Crippen molar-refractivity contribution in [3.8, 4) is 11.6 Å². The lowest BCUT2D eigenvalue weighted by molar-refractivity contribution is 0.458. The maximum absolute atomic E-state index is 6.08. The van der Waals surface area contributed by atoms with Gasteiger partial charge in [-0.2, -0.15) is 0 Å². The number of hydrogen-bond acceptors (Lipinski definition) is 4. The van der Waals surface area contributed by atoms with Gasteiger partial charge in [0, 0.05) is 12.6 Å². The van der Waals surface area contributed by atoms with Crippen LogP contribution in [-0.2, 0) is 0 Å². The van der Waals surface area contributed by atoms with Crippen LogP contribution in [0.2, 0.25) is 15.1 Å². The SMILES string of the molecule is CCCNc1ncnc(Oc2cc(Cl)c(Cl)cc2Cl)c1Br. The fraction of sp³-hybridized carbons (Fsp3) is 0.231. The monoisotopic (exact) mass is 409 g/mol. The van der Waals surface area contributed by atoms with E-state index in [2.05, 4.69) is 38.1 Å². The number of rotatable bonds is 5. The molecule has 0 saturated carbocycles. The van der Waals surface area contributed by atoms with Crippen LogP contribution in [0.1, 0.15) is 13.3 Å². The van der Waals surface area contributed by atoms with Crippen LogP contribution in [0.4, 0.5) is 5.82 Å². The molecule has 0 aliphatic heterocycles. The van der Waals surface area contributed by atoms with Gasteiger partial charge in [-0.05, 0) is 28.4 Å². The first kappa shape index (κ1) is 16.6. The zero-order valence-electron chi connectivity index (χ0n) is 11.0. The quantitative estimate of drug-likeness (QED) is 0.631. The Bertz CT molecular complexity index is 655. The molecule has 1 aromatic carbocycles. The van der Waals surface area contributed by atoms with Gasteiger partial charge in [0.05, 0.1) is 15.1 Å². The molecule has 0 spiro atoms. The van der Waals surface area contributed by atoms with E-state index in [1.54, 1.807) is 6.07 Å². The highest BCUT2D eigenvalue weighted by Crippen LogP contribution is 2.38. The van der Waals surface area contributed by atoms with Gasteiger partial charge >= 0.3 is 0 Å². The third-order valence-electron chi connectivity index (χ3n) is 2.48. The van der Waals surface area contributed by atoms with E-state index in [0.717, 1.165) is 13.0 Å². The summed E-state index contributed by atoms with van der Waals surface area (Å²) in [6, 6.07) is 3.06. The molecule has 1 N–H and O–H groups in total. The Morgan fingerprint density at radius 2 is 1.86 bits per heavy atom. The number of aromatic nitrogens is 2. The summed E-state index contributed by atoms with van der Waals surface area (Å²) in [5.74, 6) is 1.36. The van der Waals surface area contributed by atoms with Crippen LogP contribution in [0.3, 0.4) is 0 Å². The molecule has 0 atom stereocenters. The van der Waals surface area contributed by atoms with E-state index < -0.39 is 0 Å². The second kappa shape index (κ2) is 7.49. The summed E-state index contributed by atoms with van der Waals surface area (Å²) in [5, 5.41) is 4.23. The molecular formula is C13H11BrCl3N3O. The van der Waals surface area contributed by atoms with Crippen LogP contribution < -0.4 is 10.1 Å². The lowest BCUT2D eigenvalue weighted by Crippen LogP contribution is -2.04. The van der Waals surface area contributed by atoms with Gasteiger partial charge in [0.2, 0.25) is 5.88 Å². The second-order valence-corrected chi connectivity index (χ2v) is 6.08. The molecule has 112 valence electrons. The predicted octanol–water partition coefficient (Wildman–Crippen LogP) is 5.81. The number of benzene rings is 1. The summed E-state index contributed by atoms with van der Waals surface area (Å²) in [7, 11) is 0. The minimum absolute atomic E-state index is 0.337. The summed E-state index contributed by atoms with van der Waals surface area (Å²) in [6.07, 6.45) is 2.38. The largest absolute Gasteiger partial charge is 0.436 e. The molecule has 4 nitrogen and oxygen atoms in total. The molecule has 1 aromatic heterocycles. The molecule has 0 saturated heterocycles. The van der Waals surface area contributed by atoms with Crippen LogP contribution in [-0.4, -0.2) is 16.5 Å². The van der Waals surface area contributed by atoms with E-state index in [1.165, 1.54) is 12.4 Å². The third-order valence-corrected chi connectivity index (χ3v) is 4.21. The molecule has 1 heterocycles. The summed E-state index contributed by atoms with van der Waals surface area (Å²) in [4.78, 5) is 8.22. The van der Waals surface area contributed by atoms with Gasteiger partial charge in [-0.3, -0.25) is 0 Å². The molecule has 21 heavy (non-hydrogen) atoms. The van der Waals surface area contributed by atoms with E-state index in [1.807, 2.05) is 0 Å². The number of ether oxygens (including phenoxy) is 1. The van der Waals surface area contributed by atoms with Gasteiger partial charge < -0.3 is 10.1 Å². The van der Waals surface area contributed by atoms with Crippen molar-refractivity contribution < 1.29 is 4.74 Å². The molecule has 0 aliphatic carbocycles. The molecule has 0 bridgehead atoms. The number of nitrogens with zero attached hydrogens (tertiary/aromatic N) is 2. The minimum atomic E-state index is 0.337. The van der Waals surface area contributed by atoms with Crippen LogP contribution in [0.5, 0.6) is 11.6 Å². The van der Waals surface area contributed by atoms with Crippen molar-refractivity contribution in [3.63, 3.8) is 0 Å². The van der Waals surface area contributed by atoms with E-state index in [9.17, 15) is 0 Å². The molecule has 0 fully saturated rings. The zero-order chi connectivity index (χ0) is 15.4. The van der Waals surface area contributed by atoms with Crippen LogP contribution in [0.25, 0.3) is 0 Å². The van der Waals surface area contributed by atoms with Crippen molar-refractivity contribution in [3.05, 3.63) is 38.0 Å². The molecule has 2 rings (SSSR count). The van der Waals surface area contributed by atoms with Gasteiger partial charge in [0.1, 0.15) is 22.4 Å². The first-order valence-electron chi connectivity index (χ1n) is 6.09. The molecule has 0 unspecified atom stereocenters. The van der Waals surface area contributed by atoms with Gasteiger partial charge in [-0.15, -0.1) is 0 Å². The number of anilines is 1. The maximum Gasteiger partial charge on any atom is 0.238 e. The van der Waals surface area contributed by atoms with Gasteiger partial charge in [-0.25, -0.2) is 9.97 Å². The molecule has 2 aromatic rings. The number of nitrogens with one attached hydrogen (secondary N) is 1. The Morgan fingerprint density at radius 3 is 2.57 bits per heavy atom. The van der Waals surface area contributed by atoms with Crippen molar-refractivity contribution in [1.29, 1.82) is 0 Å². The van der Waals surface area contributed by atoms with E-state index in [0.29, 0.717) is 37.0 Å². The van der Waals surface area contributed by atoms with Crippen molar-refractivity contribution in [1.82, 2.24) is 9.97 Å². The van der Waals surface area contributed by atoms with Crippen molar-refractivity contribution in [2.75, 3.05) is 11.9 Å². The Kier molecular flexibility index (Phi) is 5.93. The summed E-state index contributed by atoms with van der Waals surface area (Å²) >= 11 is 21.3.